The topological polar surface area (TPSA) is 149 Å². The normalized spacial score (nSPS) is 47.9. The molecule has 11 heteroatoms. The van der Waals surface area contributed by atoms with Crippen molar-refractivity contribution in [2.75, 3.05) is 53.6 Å². The highest BCUT2D eigenvalue weighted by Crippen LogP contribution is 2.72. The van der Waals surface area contributed by atoms with Crippen LogP contribution in [0.3, 0.4) is 0 Å². The highest BCUT2D eigenvalue weighted by Gasteiger charge is 2.67. The van der Waals surface area contributed by atoms with Crippen molar-refractivity contribution in [2.45, 2.75) is 194 Å². The molecule has 0 spiro atoms. The van der Waals surface area contributed by atoms with E-state index in [-0.39, 0.29) is 75.8 Å². The lowest BCUT2D eigenvalue weighted by Crippen LogP contribution is -2.62. The Morgan fingerprint density at radius 2 is 1.16 bits per heavy atom. The number of fused-ring (bicyclic) bond motifs is 10. The summed E-state index contributed by atoms with van der Waals surface area (Å²) in [6.45, 7) is 18.0. The first kappa shape index (κ1) is 52.2. The molecule has 22 atom stereocenters. The van der Waals surface area contributed by atoms with Crippen molar-refractivity contribution >= 4 is 12.2 Å². The number of aliphatic hydroxyl groups is 4. The van der Waals surface area contributed by atoms with Gasteiger partial charge in [-0.05, 0) is 227 Å². The fourth-order valence-corrected chi connectivity index (χ4v) is 20.5. The molecule has 2 unspecified atom stereocenters. The summed E-state index contributed by atoms with van der Waals surface area (Å²) in [5.41, 5.74) is 0.482. The van der Waals surface area contributed by atoms with Gasteiger partial charge in [-0.2, -0.15) is 0 Å². The maximum Gasteiger partial charge on any atom is 0.409 e. The second-order valence-corrected chi connectivity index (χ2v) is 26.8. The molecule has 9 aliphatic rings. The molecule has 69 heavy (non-hydrogen) atoms. The third-order valence-corrected chi connectivity index (χ3v) is 24.0. The first-order chi connectivity index (χ1) is 32.9. The minimum atomic E-state index is -0.401. The van der Waals surface area contributed by atoms with E-state index in [0.717, 1.165) is 109 Å². The van der Waals surface area contributed by atoms with Gasteiger partial charge in [0.1, 0.15) is 0 Å². The van der Waals surface area contributed by atoms with Crippen LogP contribution in [0.4, 0.5) is 9.59 Å². The van der Waals surface area contributed by atoms with Crippen LogP contribution in [0.5, 0.6) is 0 Å². The number of aliphatic hydroxyl groups excluding tert-OH is 4. The monoisotopic (exact) mass is 967 g/mol. The van der Waals surface area contributed by atoms with E-state index in [1.807, 2.05) is 0 Å². The highest BCUT2D eigenvalue weighted by molar-refractivity contribution is 5.67. The van der Waals surface area contributed by atoms with Crippen molar-refractivity contribution in [3.63, 3.8) is 0 Å². The standard InChI is InChI=1S/C58H98N2O9/c1-9-39-47-33-37(61)18-23-57(47,5)45-21-26-56(4)42(15-17-44(56)49(45)51(39)63)36(11-10-29-68-54(66)60-27-31-67-32-28-60)12-13-40-48-34-38(62)19-24-58(48,6)46-20-25-55(3)41(14-16-43(55)50(46)52(40)64)35(2)22-30-69-53(65)59(7)8/h35-52,61-64H,9-34H2,1-8H3/t35-,36+,37-,38-,39-,40-,41?,42?,43+,44+,45+,46+,47+,48+,49+,50+,51-,52-,55-,56-,57-,58-/m1/s1. The Balaban J connectivity index is 0.963. The van der Waals surface area contributed by atoms with Crippen LogP contribution in [-0.4, -0.2) is 120 Å². The fraction of sp³-hybridized carbons (Fsp3) is 0.966. The van der Waals surface area contributed by atoms with E-state index in [0.29, 0.717) is 98.7 Å². The molecule has 394 valence electrons. The zero-order chi connectivity index (χ0) is 49.2. The summed E-state index contributed by atoms with van der Waals surface area (Å²) in [6, 6.07) is 0. The van der Waals surface area contributed by atoms with Crippen LogP contribution in [-0.2, 0) is 14.2 Å². The first-order valence-corrected chi connectivity index (χ1v) is 28.9. The number of carbonyl (C=O) groups excluding carboxylic acids is 2. The molecule has 9 fully saturated rings. The van der Waals surface area contributed by atoms with Crippen LogP contribution in [0, 0.1) is 105 Å². The highest BCUT2D eigenvalue weighted by atomic mass is 16.6. The van der Waals surface area contributed by atoms with Crippen LogP contribution >= 0.6 is 0 Å². The van der Waals surface area contributed by atoms with Gasteiger partial charge >= 0.3 is 12.2 Å². The van der Waals surface area contributed by atoms with Gasteiger partial charge in [0.2, 0.25) is 0 Å². The Morgan fingerprint density at radius 1 is 0.638 bits per heavy atom. The third kappa shape index (κ3) is 9.25. The molecule has 11 nitrogen and oxygen atoms in total. The number of amides is 2. The molecule has 1 aliphatic heterocycles. The Bertz CT molecular complexity index is 1780. The maximum absolute atomic E-state index is 13.2. The van der Waals surface area contributed by atoms with Crippen LogP contribution < -0.4 is 0 Å². The second kappa shape index (κ2) is 20.6. The largest absolute Gasteiger partial charge is 0.449 e. The molecule has 9 rings (SSSR count). The van der Waals surface area contributed by atoms with Crippen molar-refractivity contribution in [3.05, 3.63) is 0 Å². The van der Waals surface area contributed by atoms with Crippen molar-refractivity contribution in [2.24, 2.45) is 105 Å². The first-order valence-electron chi connectivity index (χ1n) is 28.9. The van der Waals surface area contributed by atoms with Gasteiger partial charge in [-0.15, -0.1) is 0 Å². The minimum Gasteiger partial charge on any atom is -0.449 e. The minimum absolute atomic E-state index is 0.0846. The smallest absolute Gasteiger partial charge is 0.409 e. The van der Waals surface area contributed by atoms with Gasteiger partial charge in [-0.25, -0.2) is 9.59 Å². The molecule has 0 radical (unpaired) electrons. The summed E-state index contributed by atoms with van der Waals surface area (Å²) in [7, 11) is 3.47. The fourth-order valence-electron chi connectivity index (χ4n) is 20.5. The van der Waals surface area contributed by atoms with E-state index in [1.54, 1.807) is 19.0 Å². The summed E-state index contributed by atoms with van der Waals surface area (Å²) in [4.78, 5) is 28.7. The molecule has 1 saturated heterocycles. The third-order valence-electron chi connectivity index (χ3n) is 24.0. The van der Waals surface area contributed by atoms with E-state index in [4.69, 9.17) is 14.2 Å². The Morgan fingerprint density at radius 3 is 1.74 bits per heavy atom. The molecule has 8 saturated carbocycles. The number of hydrogen-bond acceptors (Lipinski definition) is 9. The number of hydrogen-bond donors (Lipinski definition) is 4. The van der Waals surface area contributed by atoms with Crippen molar-refractivity contribution < 1.29 is 44.2 Å². The molecule has 8 aliphatic carbocycles. The van der Waals surface area contributed by atoms with Crippen molar-refractivity contribution in [1.82, 2.24) is 9.80 Å². The molecular weight excluding hydrogens is 869 g/mol. The molecular formula is C58H98N2O9. The van der Waals surface area contributed by atoms with Gasteiger partial charge in [0.05, 0.1) is 50.8 Å². The van der Waals surface area contributed by atoms with E-state index >= 15 is 0 Å². The average Bonchev–Trinajstić information content (AvgIpc) is 3.87. The summed E-state index contributed by atoms with van der Waals surface area (Å²) in [6.07, 6.45) is 18.6. The predicted molar refractivity (Wildman–Crippen MR) is 268 cm³/mol. The van der Waals surface area contributed by atoms with E-state index < -0.39 is 6.10 Å². The lowest BCUT2D eigenvalue weighted by Gasteiger charge is -2.65. The number of morpholine rings is 1. The van der Waals surface area contributed by atoms with Crippen LogP contribution in [0.15, 0.2) is 0 Å². The summed E-state index contributed by atoms with van der Waals surface area (Å²) >= 11 is 0. The Hall–Kier alpha value is -1.66. The quantitative estimate of drug-likeness (QED) is 0.132. The number of rotatable bonds is 13. The molecule has 1 heterocycles. The van der Waals surface area contributed by atoms with Gasteiger partial charge in [-0.3, -0.25) is 0 Å². The molecule has 4 N–H and O–H groups in total. The predicted octanol–water partition coefficient (Wildman–Crippen LogP) is 10.2. The van der Waals surface area contributed by atoms with Gasteiger partial charge in [-0.1, -0.05) is 48.0 Å². The number of ether oxygens (including phenoxy) is 3. The Kier molecular flexibility index (Phi) is 15.6. The van der Waals surface area contributed by atoms with E-state index in [9.17, 15) is 30.0 Å². The zero-order valence-corrected chi connectivity index (χ0v) is 44.5. The van der Waals surface area contributed by atoms with Crippen molar-refractivity contribution in [1.29, 1.82) is 0 Å². The van der Waals surface area contributed by atoms with Crippen LogP contribution in [0.1, 0.15) is 170 Å². The molecule has 0 bridgehead atoms. The molecule has 0 aromatic heterocycles. The lowest BCUT2D eigenvalue weighted by molar-refractivity contribution is -0.207. The van der Waals surface area contributed by atoms with E-state index in [2.05, 4.69) is 41.5 Å². The number of nitrogens with zero attached hydrogens (tertiary/aromatic N) is 2. The summed E-state index contributed by atoms with van der Waals surface area (Å²) in [5.74, 6) is 5.30. The van der Waals surface area contributed by atoms with Crippen molar-refractivity contribution in [3.8, 4) is 0 Å². The average molecular weight is 967 g/mol. The van der Waals surface area contributed by atoms with E-state index in [1.165, 1.54) is 24.2 Å². The van der Waals surface area contributed by atoms with Gasteiger partial charge < -0.3 is 44.4 Å². The SMILES string of the molecule is CC[C@H]1[C@@H](O)[C@@H]2[C@H](CC[C@]3(C)C([C@@H](CCCOC(=O)N4CCOCC4)CC[C@H]4[C@@H](O)[C@@H]5[C@H](CC[C@]6(C)C([C@H](C)CCOC(=O)N(C)C)CC[C@@H]56)[C@@]5(C)CC[C@@H](O)C[C@@H]45)CC[C@@H]23)[C@@]2(C)CC[C@@H](O)C[C@@H]12. The number of carbonyl (C=O) groups is 2. The summed E-state index contributed by atoms with van der Waals surface area (Å²) < 4.78 is 17.1. The molecule has 0 aromatic rings. The van der Waals surface area contributed by atoms with Crippen LogP contribution in [0.2, 0.25) is 0 Å². The second-order valence-electron chi connectivity index (χ2n) is 26.8. The zero-order valence-electron chi connectivity index (χ0n) is 44.5. The maximum atomic E-state index is 13.2. The molecule has 0 aromatic carbocycles. The molecule has 2 amide bonds. The van der Waals surface area contributed by atoms with Gasteiger partial charge in [0.15, 0.2) is 0 Å². The van der Waals surface area contributed by atoms with Crippen LogP contribution in [0.25, 0.3) is 0 Å². The van der Waals surface area contributed by atoms with Gasteiger partial charge in [0.25, 0.3) is 0 Å². The lowest BCUT2D eigenvalue weighted by atomic mass is 9.41. The summed E-state index contributed by atoms with van der Waals surface area (Å²) in [5, 5.41) is 48.2. The Labute approximate surface area is 417 Å². The van der Waals surface area contributed by atoms with Gasteiger partial charge in [0, 0.05) is 27.2 Å².